The van der Waals surface area contributed by atoms with Crippen LogP contribution in [0.3, 0.4) is 0 Å². The average molecular weight is 306 g/mol. The summed E-state index contributed by atoms with van der Waals surface area (Å²) in [5.41, 5.74) is 1.47. The minimum Gasteiger partial charge on any atom is -0.465 e. The van der Waals surface area contributed by atoms with Crippen LogP contribution in [0, 0.1) is 0 Å². The number of nitrogens with one attached hydrogen (secondary N) is 1. The molecule has 0 aliphatic carbocycles. The molecule has 1 heterocycles. The zero-order valence-electron chi connectivity index (χ0n) is 12.2. The Morgan fingerprint density at radius 2 is 1.86 bits per heavy atom. The van der Waals surface area contributed by atoms with Crippen molar-refractivity contribution < 1.29 is 24.2 Å². The molecule has 2 rings (SSSR count). The quantitative estimate of drug-likeness (QED) is 0.640. The maximum absolute atomic E-state index is 11.6. The van der Waals surface area contributed by atoms with Gasteiger partial charge in [0.2, 0.25) is 0 Å². The van der Waals surface area contributed by atoms with E-state index < -0.39 is 18.0 Å². The predicted molar refractivity (Wildman–Crippen MR) is 78.7 cm³/mol. The molecular formula is C15H18N2O5. The fourth-order valence-corrected chi connectivity index (χ4v) is 2.61. The Kier molecular flexibility index (Phi) is 4.98. The molecule has 1 fully saturated rings. The molecule has 0 aromatic heterocycles. The highest BCUT2D eigenvalue weighted by Crippen LogP contribution is 2.32. The molecule has 1 aliphatic rings. The second-order valence-electron chi connectivity index (χ2n) is 5.08. The smallest absolute Gasteiger partial charge is 0.407 e. The summed E-state index contributed by atoms with van der Waals surface area (Å²) in [6, 6.07) is 7.23. The first kappa shape index (κ1) is 15.8. The number of carboxylic acid groups (broad SMARTS) is 1. The fourth-order valence-electron chi connectivity index (χ4n) is 2.61. The van der Waals surface area contributed by atoms with E-state index in [0.717, 1.165) is 12.7 Å². The Morgan fingerprint density at radius 1 is 1.23 bits per heavy atom. The molecule has 22 heavy (non-hydrogen) atoms. The van der Waals surface area contributed by atoms with Crippen LogP contribution < -0.4 is 5.32 Å². The summed E-state index contributed by atoms with van der Waals surface area (Å²) in [6.07, 6.45) is 0.445. The summed E-state index contributed by atoms with van der Waals surface area (Å²) < 4.78 is 4.39. The van der Waals surface area contributed by atoms with Crippen molar-refractivity contribution in [3.8, 4) is 0 Å². The van der Waals surface area contributed by atoms with Gasteiger partial charge in [-0.05, 0) is 30.4 Å². The van der Waals surface area contributed by atoms with E-state index in [9.17, 15) is 14.4 Å². The highest BCUT2D eigenvalue weighted by molar-refractivity contribution is 6.37. The lowest BCUT2D eigenvalue weighted by atomic mass is 9.88. The Bertz CT molecular complexity index is 579. The molecule has 0 saturated carbocycles. The lowest BCUT2D eigenvalue weighted by Crippen LogP contribution is -2.37. The van der Waals surface area contributed by atoms with Gasteiger partial charge in [0.05, 0.1) is 7.11 Å². The Labute approximate surface area is 127 Å². The molecule has 0 radical (unpaired) electrons. The van der Waals surface area contributed by atoms with E-state index in [0.29, 0.717) is 31.6 Å². The first-order valence-electron chi connectivity index (χ1n) is 6.99. The molecule has 2 amide bonds. The number of ether oxygens (including phenoxy) is 1. The van der Waals surface area contributed by atoms with Gasteiger partial charge in [-0.15, -0.1) is 0 Å². The zero-order valence-corrected chi connectivity index (χ0v) is 12.2. The number of anilines is 1. The van der Waals surface area contributed by atoms with E-state index in [4.69, 9.17) is 5.11 Å². The number of likely N-dealkylation sites (tertiary alicyclic amines) is 1. The molecule has 7 nitrogen and oxygen atoms in total. The van der Waals surface area contributed by atoms with Crippen LogP contribution in [0.15, 0.2) is 24.3 Å². The van der Waals surface area contributed by atoms with Crippen LogP contribution in [0.25, 0.3) is 0 Å². The van der Waals surface area contributed by atoms with Crippen molar-refractivity contribution >= 4 is 23.7 Å². The van der Waals surface area contributed by atoms with Crippen molar-refractivity contribution in [3.05, 3.63) is 29.8 Å². The number of hydrogen-bond acceptors (Lipinski definition) is 4. The molecule has 1 aliphatic heterocycles. The van der Waals surface area contributed by atoms with Crippen LogP contribution in [0.1, 0.15) is 24.3 Å². The number of hydrogen-bond donors (Lipinski definition) is 2. The largest absolute Gasteiger partial charge is 0.465 e. The molecule has 0 atom stereocenters. The zero-order chi connectivity index (χ0) is 16.1. The van der Waals surface area contributed by atoms with Crippen molar-refractivity contribution in [3.63, 3.8) is 0 Å². The topological polar surface area (TPSA) is 95.9 Å². The van der Waals surface area contributed by atoms with E-state index in [1.54, 1.807) is 12.1 Å². The number of methoxy groups -OCH3 is 1. The molecule has 7 heteroatoms. The van der Waals surface area contributed by atoms with Crippen LogP contribution in [-0.4, -0.2) is 48.2 Å². The van der Waals surface area contributed by atoms with E-state index in [2.05, 4.69) is 10.1 Å². The lowest BCUT2D eigenvalue weighted by Gasteiger charge is -2.31. The van der Waals surface area contributed by atoms with Gasteiger partial charge in [0.25, 0.3) is 0 Å². The number of benzene rings is 1. The van der Waals surface area contributed by atoms with Crippen molar-refractivity contribution in [2.24, 2.45) is 0 Å². The molecular weight excluding hydrogens is 288 g/mol. The van der Waals surface area contributed by atoms with Gasteiger partial charge in [-0.1, -0.05) is 18.2 Å². The third-order valence-corrected chi connectivity index (χ3v) is 3.79. The third kappa shape index (κ3) is 3.55. The van der Waals surface area contributed by atoms with E-state index in [1.165, 1.54) is 4.90 Å². The fraction of sp³-hybridized carbons (Fsp3) is 0.400. The van der Waals surface area contributed by atoms with Crippen LogP contribution in [0.5, 0.6) is 0 Å². The third-order valence-electron chi connectivity index (χ3n) is 3.79. The minimum atomic E-state index is -0.949. The molecule has 0 unspecified atom stereocenters. The Morgan fingerprint density at radius 3 is 2.45 bits per heavy atom. The number of esters is 1. The van der Waals surface area contributed by atoms with Crippen molar-refractivity contribution in [2.75, 3.05) is 25.5 Å². The minimum absolute atomic E-state index is 0.143. The molecule has 1 aromatic rings. The molecule has 2 N–H and O–H groups in total. The molecule has 118 valence electrons. The van der Waals surface area contributed by atoms with E-state index in [-0.39, 0.29) is 5.92 Å². The van der Waals surface area contributed by atoms with E-state index >= 15 is 0 Å². The van der Waals surface area contributed by atoms with Crippen molar-refractivity contribution in [2.45, 2.75) is 18.8 Å². The van der Waals surface area contributed by atoms with Crippen LogP contribution in [-0.2, 0) is 14.3 Å². The molecule has 1 aromatic carbocycles. The maximum atomic E-state index is 11.6. The van der Waals surface area contributed by atoms with Crippen LogP contribution in [0.4, 0.5) is 10.5 Å². The number of piperidine rings is 1. The van der Waals surface area contributed by atoms with Gasteiger partial charge in [0.1, 0.15) is 0 Å². The van der Waals surface area contributed by atoms with Crippen molar-refractivity contribution in [1.29, 1.82) is 0 Å². The average Bonchev–Trinajstić information content (AvgIpc) is 2.54. The van der Waals surface area contributed by atoms with Crippen molar-refractivity contribution in [1.82, 2.24) is 4.90 Å². The standard InChI is InChI=1S/C15H18N2O5/c1-22-14(19)13(18)16-12-5-3-2-4-11(12)10-6-8-17(9-7-10)15(20)21/h2-5,10H,6-9H2,1H3,(H,16,18)(H,20,21). The highest BCUT2D eigenvalue weighted by Gasteiger charge is 2.25. The molecule has 0 bridgehead atoms. The normalized spacial score (nSPS) is 15.2. The monoisotopic (exact) mass is 306 g/mol. The van der Waals surface area contributed by atoms with Gasteiger partial charge < -0.3 is 20.1 Å². The number of nitrogens with zero attached hydrogens (tertiary/aromatic N) is 1. The first-order valence-corrected chi connectivity index (χ1v) is 6.99. The predicted octanol–water partition coefficient (Wildman–Crippen LogP) is 1.66. The second-order valence-corrected chi connectivity index (χ2v) is 5.08. The number of para-hydroxylation sites is 1. The number of carbonyl (C=O) groups excluding carboxylic acids is 2. The molecule has 1 saturated heterocycles. The summed E-state index contributed by atoms with van der Waals surface area (Å²) in [5.74, 6) is -1.63. The highest BCUT2D eigenvalue weighted by atomic mass is 16.5. The van der Waals surface area contributed by atoms with Gasteiger partial charge in [0, 0.05) is 18.8 Å². The molecule has 0 spiro atoms. The number of carbonyl (C=O) groups is 3. The Balaban J connectivity index is 2.11. The lowest BCUT2D eigenvalue weighted by molar-refractivity contribution is -0.150. The summed E-state index contributed by atoms with van der Waals surface area (Å²) >= 11 is 0. The Hall–Kier alpha value is -2.57. The summed E-state index contributed by atoms with van der Waals surface area (Å²) in [5, 5.41) is 11.5. The SMILES string of the molecule is COC(=O)C(=O)Nc1ccccc1C1CCN(C(=O)O)CC1. The second kappa shape index (κ2) is 6.93. The summed E-state index contributed by atoms with van der Waals surface area (Å²) in [6.45, 7) is 0.915. The van der Waals surface area contributed by atoms with Crippen LogP contribution in [0.2, 0.25) is 0 Å². The van der Waals surface area contributed by atoms with Gasteiger partial charge in [-0.25, -0.2) is 9.59 Å². The van der Waals surface area contributed by atoms with E-state index in [1.807, 2.05) is 12.1 Å². The first-order chi connectivity index (χ1) is 10.5. The van der Waals surface area contributed by atoms with Gasteiger partial charge >= 0.3 is 18.0 Å². The summed E-state index contributed by atoms with van der Waals surface area (Å²) in [4.78, 5) is 35.2. The van der Waals surface area contributed by atoms with Crippen LogP contribution >= 0.6 is 0 Å². The number of amides is 2. The number of rotatable bonds is 2. The van der Waals surface area contributed by atoms with Gasteiger partial charge in [0.15, 0.2) is 0 Å². The van der Waals surface area contributed by atoms with Gasteiger partial charge in [-0.3, -0.25) is 4.79 Å². The maximum Gasteiger partial charge on any atom is 0.407 e. The summed E-state index contributed by atoms with van der Waals surface area (Å²) in [7, 11) is 1.15. The van der Waals surface area contributed by atoms with Gasteiger partial charge in [-0.2, -0.15) is 0 Å².